The van der Waals surface area contributed by atoms with Crippen LogP contribution in [0.15, 0.2) is 42.0 Å². The van der Waals surface area contributed by atoms with Crippen molar-refractivity contribution < 1.29 is 9.90 Å². The molecule has 0 unspecified atom stereocenters. The van der Waals surface area contributed by atoms with Gasteiger partial charge in [0, 0.05) is 5.69 Å². The van der Waals surface area contributed by atoms with Gasteiger partial charge in [0.2, 0.25) is 0 Å². The molecule has 3 nitrogen and oxygen atoms in total. The second-order valence-electron chi connectivity index (χ2n) is 4.52. The second-order valence-corrected chi connectivity index (χ2v) is 4.52. The van der Waals surface area contributed by atoms with E-state index in [0.717, 1.165) is 31.2 Å². The number of aromatic carboxylic acids is 1. The Hall–Kier alpha value is -2.03. The number of hydrogen-bond donors (Lipinski definition) is 2. The Morgan fingerprint density at radius 2 is 2.17 bits per heavy atom. The molecule has 1 aromatic rings. The number of aryl methyl sites for hydroxylation is 1. The minimum atomic E-state index is -0.973. The molecule has 1 aliphatic rings. The van der Waals surface area contributed by atoms with E-state index < -0.39 is 5.97 Å². The summed E-state index contributed by atoms with van der Waals surface area (Å²) >= 11 is 0. The summed E-state index contributed by atoms with van der Waals surface area (Å²) in [5, 5.41) is 8.89. The molecule has 3 heteroatoms. The van der Waals surface area contributed by atoms with Gasteiger partial charge in [-0.2, -0.15) is 0 Å². The van der Waals surface area contributed by atoms with E-state index in [9.17, 15) is 4.79 Å². The van der Waals surface area contributed by atoms with E-state index in [1.807, 2.05) is 6.07 Å². The Labute approximate surface area is 107 Å². The second kappa shape index (κ2) is 5.54. The number of carbonyl (C=O) groups is 1. The lowest BCUT2D eigenvalue weighted by atomic mass is 9.97. The van der Waals surface area contributed by atoms with Crippen LogP contribution in [-0.2, 0) is 6.42 Å². The zero-order chi connectivity index (χ0) is 13.0. The minimum absolute atomic E-state index is 0.179. The molecular weight excluding hydrogens is 226 g/mol. The van der Waals surface area contributed by atoms with Gasteiger partial charge in [0.25, 0.3) is 0 Å². The fraction of sp³-hybridized carbons (Fsp3) is 0.267. The highest BCUT2D eigenvalue weighted by atomic mass is 16.4. The summed E-state index contributed by atoms with van der Waals surface area (Å²) < 4.78 is 0. The highest BCUT2D eigenvalue weighted by Gasteiger charge is 2.08. The third-order valence-electron chi connectivity index (χ3n) is 3.18. The van der Waals surface area contributed by atoms with E-state index in [0.29, 0.717) is 5.69 Å². The van der Waals surface area contributed by atoms with E-state index >= 15 is 0 Å². The van der Waals surface area contributed by atoms with Crippen molar-refractivity contribution in [2.45, 2.75) is 25.7 Å². The standard InChI is InChI=1S/C15H17NO2/c16-14-10-12(8-9-13(14)15(17)18)7-6-11-4-2-1-3-5-11/h1-2,4,8-10H,3,5-7,16H2,(H,17,18). The molecule has 0 atom stereocenters. The van der Waals surface area contributed by atoms with Crippen LogP contribution in [0.25, 0.3) is 0 Å². The number of hydrogen-bond acceptors (Lipinski definition) is 2. The van der Waals surface area contributed by atoms with Crippen molar-refractivity contribution in [1.82, 2.24) is 0 Å². The molecule has 3 N–H and O–H groups in total. The van der Waals surface area contributed by atoms with Crippen LogP contribution in [0.2, 0.25) is 0 Å². The van der Waals surface area contributed by atoms with Gasteiger partial charge in [-0.05, 0) is 43.4 Å². The lowest BCUT2D eigenvalue weighted by molar-refractivity contribution is 0.0698. The van der Waals surface area contributed by atoms with Crippen molar-refractivity contribution >= 4 is 11.7 Å². The van der Waals surface area contributed by atoms with Gasteiger partial charge < -0.3 is 10.8 Å². The maximum absolute atomic E-state index is 10.8. The predicted molar refractivity (Wildman–Crippen MR) is 72.6 cm³/mol. The molecule has 0 amide bonds. The fourth-order valence-corrected chi connectivity index (χ4v) is 2.13. The molecule has 2 rings (SSSR count). The van der Waals surface area contributed by atoms with Crippen molar-refractivity contribution in [3.8, 4) is 0 Å². The van der Waals surface area contributed by atoms with Crippen LogP contribution in [0.4, 0.5) is 5.69 Å². The van der Waals surface area contributed by atoms with E-state index in [-0.39, 0.29) is 5.56 Å². The van der Waals surface area contributed by atoms with Crippen LogP contribution < -0.4 is 5.73 Å². The predicted octanol–water partition coefficient (Wildman–Crippen LogP) is 3.18. The third-order valence-corrected chi connectivity index (χ3v) is 3.18. The SMILES string of the molecule is Nc1cc(CCC2=CC=CCC2)ccc1C(=O)O. The maximum Gasteiger partial charge on any atom is 0.337 e. The number of allylic oxidation sites excluding steroid dienone is 4. The number of nitrogen functional groups attached to an aromatic ring is 1. The summed E-state index contributed by atoms with van der Waals surface area (Å²) in [4.78, 5) is 10.8. The van der Waals surface area contributed by atoms with Crippen molar-refractivity contribution in [2.24, 2.45) is 0 Å². The highest BCUT2D eigenvalue weighted by Crippen LogP contribution is 2.20. The molecule has 0 aromatic heterocycles. The van der Waals surface area contributed by atoms with Crippen LogP contribution in [-0.4, -0.2) is 11.1 Å². The number of carboxylic acid groups (broad SMARTS) is 1. The Kier molecular flexibility index (Phi) is 3.82. The molecule has 0 saturated carbocycles. The molecule has 0 heterocycles. The largest absolute Gasteiger partial charge is 0.478 e. The topological polar surface area (TPSA) is 63.3 Å². The van der Waals surface area contributed by atoms with E-state index in [1.54, 1.807) is 12.1 Å². The van der Waals surface area contributed by atoms with Gasteiger partial charge in [0.15, 0.2) is 0 Å². The first kappa shape index (κ1) is 12.4. The molecule has 0 bridgehead atoms. The number of anilines is 1. The highest BCUT2D eigenvalue weighted by molar-refractivity contribution is 5.93. The van der Waals surface area contributed by atoms with Crippen molar-refractivity contribution in [3.05, 3.63) is 53.1 Å². The van der Waals surface area contributed by atoms with Crippen LogP contribution in [0, 0.1) is 0 Å². The Bertz CT molecular complexity index is 515. The lowest BCUT2D eigenvalue weighted by Crippen LogP contribution is -2.03. The maximum atomic E-state index is 10.8. The zero-order valence-corrected chi connectivity index (χ0v) is 10.2. The Balaban J connectivity index is 2.02. The van der Waals surface area contributed by atoms with Gasteiger partial charge in [-0.3, -0.25) is 0 Å². The van der Waals surface area contributed by atoms with Gasteiger partial charge >= 0.3 is 5.97 Å². The van der Waals surface area contributed by atoms with Crippen molar-refractivity contribution in [2.75, 3.05) is 5.73 Å². The Morgan fingerprint density at radius 1 is 1.33 bits per heavy atom. The molecule has 0 saturated heterocycles. The molecule has 0 aliphatic heterocycles. The summed E-state index contributed by atoms with van der Waals surface area (Å²) in [6, 6.07) is 5.20. The summed E-state index contributed by atoms with van der Waals surface area (Å²) in [7, 11) is 0. The first-order valence-electron chi connectivity index (χ1n) is 6.13. The van der Waals surface area contributed by atoms with Gasteiger partial charge in [-0.15, -0.1) is 0 Å². The molecule has 0 radical (unpaired) electrons. The molecule has 1 aliphatic carbocycles. The number of rotatable bonds is 4. The molecule has 0 spiro atoms. The fourth-order valence-electron chi connectivity index (χ4n) is 2.13. The van der Waals surface area contributed by atoms with Gasteiger partial charge in [0.1, 0.15) is 0 Å². The number of benzene rings is 1. The molecule has 0 fully saturated rings. The normalized spacial score (nSPS) is 14.3. The van der Waals surface area contributed by atoms with Crippen LogP contribution in [0.3, 0.4) is 0 Å². The summed E-state index contributed by atoms with van der Waals surface area (Å²) in [6.45, 7) is 0. The molecule has 94 valence electrons. The van der Waals surface area contributed by atoms with Gasteiger partial charge in [-0.1, -0.05) is 29.9 Å². The average Bonchev–Trinajstić information content (AvgIpc) is 2.37. The van der Waals surface area contributed by atoms with Gasteiger partial charge in [0.05, 0.1) is 5.56 Å². The zero-order valence-electron chi connectivity index (χ0n) is 10.2. The van der Waals surface area contributed by atoms with Gasteiger partial charge in [-0.25, -0.2) is 4.79 Å². The van der Waals surface area contributed by atoms with Crippen molar-refractivity contribution in [3.63, 3.8) is 0 Å². The van der Waals surface area contributed by atoms with Crippen LogP contribution in [0.5, 0.6) is 0 Å². The van der Waals surface area contributed by atoms with Crippen molar-refractivity contribution in [1.29, 1.82) is 0 Å². The average molecular weight is 243 g/mol. The lowest BCUT2D eigenvalue weighted by Gasteiger charge is -2.09. The summed E-state index contributed by atoms with van der Waals surface area (Å²) in [5.74, 6) is -0.973. The number of carboxylic acids is 1. The quantitative estimate of drug-likeness (QED) is 0.798. The monoisotopic (exact) mass is 243 g/mol. The third kappa shape index (κ3) is 3.00. The molecular formula is C15H17NO2. The molecule has 18 heavy (non-hydrogen) atoms. The minimum Gasteiger partial charge on any atom is -0.478 e. The van der Waals surface area contributed by atoms with E-state index in [4.69, 9.17) is 10.8 Å². The van der Waals surface area contributed by atoms with E-state index in [2.05, 4.69) is 18.2 Å². The molecule has 1 aromatic carbocycles. The number of nitrogens with two attached hydrogens (primary N) is 1. The first-order valence-corrected chi connectivity index (χ1v) is 6.13. The summed E-state index contributed by atoms with van der Waals surface area (Å²) in [5.41, 5.74) is 8.78. The van der Waals surface area contributed by atoms with Crippen LogP contribution in [0.1, 0.15) is 35.2 Å². The smallest absolute Gasteiger partial charge is 0.337 e. The summed E-state index contributed by atoms with van der Waals surface area (Å²) in [6.07, 6.45) is 10.6. The van der Waals surface area contributed by atoms with E-state index in [1.165, 1.54) is 5.57 Å². The van der Waals surface area contributed by atoms with Crippen LogP contribution >= 0.6 is 0 Å². The first-order chi connectivity index (χ1) is 8.66. The Morgan fingerprint density at radius 3 is 2.78 bits per heavy atom.